The number of nitrogens with zero attached hydrogens (tertiary/aromatic N) is 2. The predicted molar refractivity (Wildman–Crippen MR) is 84.0 cm³/mol. The second-order valence-corrected chi connectivity index (χ2v) is 6.20. The van der Waals surface area contributed by atoms with Crippen molar-refractivity contribution in [2.24, 2.45) is 11.7 Å². The zero-order valence-electron chi connectivity index (χ0n) is 12.9. The van der Waals surface area contributed by atoms with E-state index >= 15 is 0 Å². The van der Waals surface area contributed by atoms with Crippen LogP contribution in [0, 0.1) is 17.1 Å². The van der Waals surface area contributed by atoms with Gasteiger partial charge in [0.25, 0.3) is 0 Å². The fourth-order valence-electron chi connectivity index (χ4n) is 3.02. The molecule has 0 atom stereocenters. The van der Waals surface area contributed by atoms with Crippen molar-refractivity contribution in [3.8, 4) is 0 Å². The van der Waals surface area contributed by atoms with E-state index in [0.29, 0.717) is 5.56 Å². The Morgan fingerprint density at radius 2 is 2.05 bits per heavy atom. The molecule has 1 aromatic rings. The SMILES string of the molecule is CN(C)CC1CCN(Cc2ccc(F)cc2C(=N)N)CC1. The van der Waals surface area contributed by atoms with E-state index in [1.54, 1.807) is 6.07 Å². The zero-order valence-corrected chi connectivity index (χ0v) is 12.9. The normalized spacial score (nSPS) is 17.3. The smallest absolute Gasteiger partial charge is 0.123 e. The van der Waals surface area contributed by atoms with Crippen molar-refractivity contribution in [1.82, 2.24) is 9.80 Å². The van der Waals surface area contributed by atoms with Crippen LogP contribution in [0.4, 0.5) is 4.39 Å². The van der Waals surface area contributed by atoms with E-state index in [4.69, 9.17) is 11.1 Å². The lowest BCUT2D eigenvalue weighted by Crippen LogP contribution is -2.37. The molecule has 1 aliphatic heterocycles. The van der Waals surface area contributed by atoms with Gasteiger partial charge in [-0.2, -0.15) is 0 Å². The summed E-state index contributed by atoms with van der Waals surface area (Å²) >= 11 is 0. The lowest BCUT2D eigenvalue weighted by atomic mass is 9.95. The number of rotatable bonds is 5. The van der Waals surface area contributed by atoms with Gasteiger partial charge in [-0.15, -0.1) is 0 Å². The number of amidine groups is 1. The summed E-state index contributed by atoms with van der Waals surface area (Å²) in [6.45, 7) is 3.98. The highest BCUT2D eigenvalue weighted by Gasteiger charge is 2.20. The molecule has 1 aliphatic rings. The van der Waals surface area contributed by atoms with Crippen LogP contribution in [0.15, 0.2) is 18.2 Å². The number of nitrogen functional groups attached to an aromatic ring is 1. The first-order chi connectivity index (χ1) is 9.95. The van der Waals surface area contributed by atoms with E-state index in [1.165, 1.54) is 25.0 Å². The van der Waals surface area contributed by atoms with Gasteiger partial charge in [0.2, 0.25) is 0 Å². The van der Waals surface area contributed by atoms with Gasteiger partial charge in [-0.3, -0.25) is 10.3 Å². The molecule has 0 aromatic heterocycles. The number of halogens is 1. The number of nitrogens with two attached hydrogens (primary N) is 1. The summed E-state index contributed by atoms with van der Waals surface area (Å²) in [6.07, 6.45) is 2.38. The highest BCUT2D eigenvalue weighted by Crippen LogP contribution is 2.21. The fraction of sp³-hybridized carbons (Fsp3) is 0.562. The molecule has 3 N–H and O–H groups in total. The third kappa shape index (κ3) is 4.51. The summed E-state index contributed by atoms with van der Waals surface area (Å²) in [5.41, 5.74) is 7.02. The van der Waals surface area contributed by atoms with Gasteiger partial charge in [-0.1, -0.05) is 6.07 Å². The first-order valence-electron chi connectivity index (χ1n) is 7.45. The fourth-order valence-corrected chi connectivity index (χ4v) is 3.02. The maximum Gasteiger partial charge on any atom is 0.123 e. The Labute approximate surface area is 126 Å². The number of benzene rings is 1. The lowest BCUT2D eigenvalue weighted by molar-refractivity contribution is 0.157. The van der Waals surface area contributed by atoms with Crippen LogP contribution in [0.2, 0.25) is 0 Å². The summed E-state index contributed by atoms with van der Waals surface area (Å²) in [5, 5.41) is 7.59. The summed E-state index contributed by atoms with van der Waals surface area (Å²) in [5.74, 6) is 0.359. The molecule has 5 heteroatoms. The number of piperidine rings is 1. The Morgan fingerprint density at radius 3 is 2.62 bits per heavy atom. The number of hydrogen-bond acceptors (Lipinski definition) is 3. The second-order valence-electron chi connectivity index (χ2n) is 6.20. The zero-order chi connectivity index (χ0) is 15.4. The van der Waals surface area contributed by atoms with E-state index in [1.807, 2.05) is 0 Å². The average Bonchev–Trinajstić information content (AvgIpc) is 2.42. The maximum absolute atomic E-state index is 13.3. The summed E-state index contributed by atoms with van der Waals surface area (Å²) in [7, 11) is 4.23. The van der Waals surface area contributed by atoms with Crippen LogP contribution in [0.1, 0.15) is 24.0 Å². The molecule has 1 fully saturated rings. The molecule has 0 radical (unpaired) electrons. The van der Waals surface area contributed by atoms with Gasteiger partial charge in [-0.05, 0) is 63.6 Å². The molecule has 116 valence electrons. The van der Waals surface area contributed by atoms with Gasteiger partial charge in [0.05, 0.1) is 0 Å². The van der Waals surface area contributed by atoms with Crippen molar-refractivity contribution >= 4 is 5.84 Å². The van der Waals surface area contributed by atoms with Gasteiger partial charge in [0, 0.05) is 18.7 Å². The van der Waals surface area contributed by atoms with Crippen molar-refractivity contribution in [2.45, 2.75) is 19.4 Å². The molecular weight excluding hydrogens is 267 g/mol. The molecular formula is C16H25FN4. The molecule has 4 nitrogen and oxygen atoms in total. The van der Waals surface area contributed by atoms with Gasteiger partial charge < -0.3 is 10.6 Å². The lowest BCUT2D eigenvalue weighted by Gasteiger charge is -2.33. The second kappa shape index (κ2) is 7.00. The van der Waals surface area contributed by atoms with Crippen LogP contribution >= 0.6 is 0 Å². The molecule has 1 heterocycles. The Morgan fingerprint density at radius 1 is 1.38 bits per heavy atom. The van der Waals surface area contributed by atoms with Crippen LogP contribution in [0.5, 0.6) is 0 Å². The summed E-state index contributed by atoms with van der Waals surface area (Å²) in [6, 6.07) is 4.55. The Hall–Kier alpha value is -1.46. The molecule has 0 amide bonds. The van der Waals surface area contributed by atoms with Crippen molar-refractivity contribution in [2.75, 3.05) is 33.7 Å². The van der Waals surface area contributed by atoms with E-state index in [-0.39, 0.29) is 11.7 Å². The molecule has 0 aliphatic carbocycles. The number of nitrogens with one attached hydrogen (secondary N) is 1. The van der Waals surface area contributed by atoms with E-state index < -0.39 is 0 Å². The van der Waals surface area contributed by atoms with Gasteiger partial charge in [-0.25, -0.2) is 4.39 Å². The Balaban J connectivity index is 1.96. The third-order valence-corrected chi connectivity index (χ3v) is 4.09. The minimum Gasteiger partial charge on any atom is -0.384 e. The van der Waals surface area contributed by atoms with Gasteiger partial charge >= 0.3 is 0 Å². The monoisotopic (exact) mass is 292 g/mol. The average molecular weight is 292 g/mol. The molecule has 0 unspecified atom stereocenters. The van der Waals surface area contributed by atoms with Crippen LogP contribution in [-0.4, -0.2) is 49.4 Å². The molecule has 21 heavy (non-hydrogen) atoms. The van der Waals surface area contributed by atoms with Crippen LogP contribution < -0.4 is 5.73 Å². The molecule has 1 saturated heterocycles. The van der Waals surface area contributed by atoms with E-state index in [2.05, 4.69) is 23.9 Å². The van der Waals surface area contributed by atoms with E-state index in [9.17, 15) is 4.39 Å². The minimum absolute atomic E-state index is 0.0630. The third-order valence-electron chi connectivity index (χ3n) is 4.09. The standard InChI is InChI=1S/C16H25FN4/c1-20(2)10-12-5-7-21(8-6-12)11-13-3-4-14(17)9-15(13)16(18)19/h3-4,9,12H,5-8,10-11H2,1-2H3,(H3,18,19). The topological polar surface area (TPSA) is 56.4 Å². The first kappa shape index (κ1) is 15.9. The van der Waals surface area contributed by atoms with Gasteiger partial charge in [0.1, 0.15) is 11.7 Å². The molecule has 2 rings (SSSR count). The first-order valence-corrected chi connectivity index (χ1v) is 7.45. The van der Waals surface area contributed by atoms with Crippen molar-refractivity contribution in [3.63, 3.8) is 0 Å². The molecule has 1 aromatic carbocycles. The molecule has 0 saturated carbocycles. The highest BCUT2D eigenvalue weighted by atomic mass is 19.1. The maximum atomic E-state index is 13.3. The largest absolute Gasteiger partial charge is 0.384 e. The quantitative estimate of drug-likeness (QED) is 0.643. The highest BCUT2D eigenvalue weighted by molar-refractivity contribution is 5.96. The minimum atomic E-state index is -0.339. The predicted octanol–water partition coefficient (Wildman–Crippen LogP) is 1.88. The van der Waals surface area contributed by atoms with Gasteiger partial charge in [0.15, 0.2) is 0 Å². The van der Waals surface area contributed by atoms with Crippen LogP contribution in [-0.2, 0) is 6.54 Å². The van der Waals surface area contributed by atoms with Crippen molar-refractivity contribution in [1.29, 1.82) is 5.41 Å². The molecule has 0 spiro atoms. The summed E-state index contributed by atoms with van der Waals surface area (Å²) < 4.78 is 13.3. The number of likely N-dealkylation sites (tertiary alicyclic amines) is 1. The van der Waals surface area contributed by atoms with Crippen molar-refractivity contribution < 1.29 is 4.39 Å². The molecule has 0 bridgehead atoms. The van der Waals surface area contributed by atoms with Crippen LogP contribution in [0.25, 0.3) is 0 Å². The van der Waals surface area contributed by atoms with Crippen LogP contribution in [0.3, 0.4) is 0 Å². The Bertz CT molecular complexity index is 493. The van der Waals surface area contributed by atoms with E-state index in [0.717, 1.165) is 37.7 Å². The number of hydrogen-bond donors (Lipinski definition) is 2. The van der Waals surface area contributed by atoms with Crippen molar-refractivity contribution in [3.05, 3.63) is 35.1 Å². The summed E-state index contributed by atoms with van der Waals surface area (Å²) in [4.78, 5) is 4.61. The Kier molecular flexibility index (Phi) is 5.31.